The predicted molar refractivity (Wildman–Crippen MR) is 77.5 cm³/mol. The van der Waals surface area contributed by atoms with Crippen LogP contribution in [-0.2, 0) is 0 Å². The number of carbonyl (C=O) groups excluding carboxylic acids is 1. The lowest BCUT2D eigenvalue weighted by Crippen LogP contribution is -2.41. The van der Waals surface area contributed by atoms with Crippen molar-refractivity contribution in [1.29, 1.82) is 0 Å². The first-order valence-corrected chi connectivity index (χ1v) is 7.24. The summed E-state index contributed by atoms with van der Waals surface area (Å²) < 4.78 is 1.74. The Labute approximate surface area is 118 Å². The van der Waals surface area contributed by atoms with Crippen LogP contribution in [0.2, 0.25) is 0 Å². The Hall–Kier alpha value is -1.88. The van der Waals surface area contributed by atoms with Crippen molar-refractivity contribution < 1.29 is 4.79 Å². The van der Waals surface area contributed by atoms with Gasteiger partial charge in [0, 0.05) is 25.3 Å². The van der Waals surface area contributed by atoms with Crippen LogP contribution in [0.4, 0.5) is 0 Å². The molecule has 1 amide bonds. The number of nitrogens with zero attached hydrogens (tertiary/aromatic N) is 3. The van der Waals surface area contributed by atoms with Gasteiger partial charge in [0.2, 0.25) is 0 Å². The van der Waals surface area contributed by atoms with Crippen molar-refractivity contribution in [1.82, 2.24) is 14.5 Å². The van der Waals surface area contributed by atoms with E-state index >= 15 is 0 Å². The number of pyridine rings is 1. The SMILES string of the molecule is NCCN(C(=O)c1cnn2ccccc12)C1CCCC1. The molecule has 0 aromatic carbocycles. The van der Waals surface area contributed by atoms with Gasteiger partial charge in [-0.25, -0.2) is 4.52 Å². The van der Waals surface area contributed by atoms with Gasteiger partial charge in [0.05, 0.1) is 17.3 Å². The monoisotopic (exact) mass is 272 g/mol. The number of carbonyl (C=O) groups is 1. The summed E-state index contributed by atoms with van der Waals surface area (Å²) in [6, 6.07) is 6.10. The predicted octanol–water partition coefficient (Wildman–Crippen LogP) is 1.68. The van der Waals surface area contributed by atoms with Crippen LogP contribution in [-0.4, -0.2) is 39.6 Å². The molecular formula is C15H20N4O. The van der Waals surface area contributed by atoms with Gasteiger partial charge in [-0.15, -0.1) is 0 Å². The molecule has 5 nitrogen and oxygen atoms in total. The topological polar surface area (TPSA) is 63.6 Å². The zero-order chi connectivity index (χ0) is 13.9. The van der Waals surface area contributed by atoms with E-state index in [0.717, 1.165) is 18.4 Å². The summed E-state index contributed by atoms with van der Waals surface area (Å²) in [5.41, 5.74) is 7.22. The van der Waals surface area contributed by atoms with E-state index < -0.39 is 0 Å². The van der Waals surface area contributed by atoms with E-state index in [1.807, 2.05) is 29.3 Å². The van der Waals surface area contributed by atoms with Gasteiger partial charge >= 0.3 is 0 Å². The van der Waals surface area contributed by atoms with E-state index in [9.17, 15) is 4.79 Å². The van der Waals surface area contributed by atoms with E-state index in [1.165, 1.54) is 12.8 Å². The molecule has 2 aromatic rings. The van der Waals surface area contributed by atoms with Crippen LogP contribution in [0, 0.1) is 0 Å². The van der Waals surface area contributed by atoms with Crippen molar-refractivity contribution in [3.05, 3.63) is 36.2 Å². The molecular weight excluding hydrogens is 252 g/mol. The van der Waals surface area contributed by atoms with E-state index in [1.54, 1.807) is 10.7 Å². The second kappa shape index (κ2) is 5.63. The average molecular weight is 272 g/mol. The molecule has 0 bridgehead atoms. The van der Waals surface area contributed by atoms with Crippen molar-refractivity contribution >= 4 is 11.4 Å². The zero-order valence-corrected chi connectivity index (χ0v) is 11.5. The third-order valence-electron chi connectivity index (χ3n) is 4.05. The molecule has 3 rings (SSSR count). The van der Waals surface area contributed by atoms with Gasteiger partial charge in [-0.2, -0.15) is 5.10 Å². The van der Waals surface area contributed by atoms with Gasteiger partial charge in [-0.1, -0.05) is 18.9 Å². The molecule has 2 aromatic heterocycles. The average Bonchev–Trinajstić information content (AvgIpc) is 3.13. The van der Waals surface area contributed by atoms with Gasteiger partial charge in [0.1, 0.15) is 0 Å². The molecule has 20 heavy (non-hydrogen) atoms. The number of nitrogens with two attached hydrogens (primary N) is 1. The Morgan fingerprint density at radius 1 is 1.40 bits per heavy atom. The Morgan fingerprint density at radius 2 is 2.20 bits per heavy atom. The standard InChI is InChI=1S/C15H20N4O/c16-8-10-18(12-5-1-2-6-12)15(20)13-11-17-19-9-4-3-7-14(13)19/h3-4,7,9,11-12H,1-2,5-6,8,10,16H2. The first-order valence-electron chi connectivity index (χ1n) is 7.24. The van der Waals surface area contributed by atoms with Crippen LogP contribution < -0.4 is 5.73 Å². The quantitative estimate of drug-likeness (QED) is 0.921. The lowest BCUT2D eigenvalue weighted by molar-refractivity contribution is 0.0690. The third kappa shape index (κ3) is 2.29. The lowest BCUT2D eigenvalue weighted by Gasteiger charge is -2.28. The number of amides is 1. The highest BCUT2D eigenvalue weighted by Gasteiger charge is 2.28. The van der Waals surface area contributed by atoms with E-state index in [-0.39, 0.29) is 5.91 Å². The largest absolute Gasteiger partial charge is 0.334 e. The molecule has 1 aliphatic carbocycles. The van der Waals surface area contributed by atoms with Gasteiger partial charge < -0.3 is 10.6 Å². The fourth-order valence-electron chi connectivity index (χ4n) is 3.06. The third-order valence-corrected chi connectivity index (χ3v) is 4.05. The minimum Gasteiger partial charge on any atom is -0.334 e. The zero-order valence-electron chi connectivity index (χ0n) is 11.5. The number of hydrogen-bond donors (Lipinski definition) is 1. The van der Waals surface area contributed by atoms with E-state index in [4.69, 9.17) is 5.73 Å². The molecule has 0 atom stereocenters. The molecule has 0 unspecified atom stereocenters. The van der Waals surface area contributed by atoms with Crippen molar-refractivity contribution in [3.8, 4) is 0 Å². The van der Waals surface area contributed by atoms with Crippen LogP contribution in [0.25, 0.3) is 5.52 Å². The van der Waals surface area contributed by atoms with Crippen molar-refractivity contribution in [2.75, 3.05) is 13.1 Å². The highest BCUT2D eigenvalue weighted by molar-refractivity contribution is 6.00. The minimum absolute atomic E-state index is 0.0588. The lowest BCUT2D eigenvalue weighted by atomic mass is 10.1. The first kappa shape index (κ1) is 13.1. The fraction of sp³-hybridized carbons (Fsp3) is 0.467. The van der Waals surface area contributed by atoms with Gasteiger partial charge in [0.25, 0.3) is 5.91 Å². The van der Waals surface area contributed by atoms with Crippen molar-refractivity contribution in [2.24, 2.45) is 5.73 Å². The maximum atomic E-state index is 12.8. The molecule has 2 heterocycles. The van der Waals surface area contributed by atoms with Gasteiger partial charge in [-0.05, 0) is 25.0 Å². The summed E-state index contributed by atoms with van der Waals surface area (Å²) in [5, 5.41) is 4.25. The summed E-state index contributed by atoms with van der Waals surface area (Å²) in [4.78, 5) is 14.8. The molecule has 1 fully saturated rings. The molecule has 1 saturated carbocycles. The molecule has 5 heteroatoms. The summed E-state index contributed by atoms with van der Waals surface area (Å²) in [6.07, 6.45) is 8.10. The smallest absolute Gasteiger partial charge is 0.257 e. The molecule has 2 N–H and O–H groups in total. The maximum absolute atomic E-state index is 12.8. The molecule has 0 spiro atoms. The summed E-state index contributed by atoms with van der Waals surface area (Å²) in [6.45, 7) is 1.12. The van der Waals surface area contributed by atoms with Crippen LogP contribution in [0.1, 0.15) is 36.0 Å². The normalized spacial score (nSPS) is 15.8. The van der Waals surface area contributed by atoms with Crippen LogP contribution in [0.3, 0.4) is 0 Å². The van der Waals surface area contributed by atoms with E-state index in [0.29, 0.717) is 24.7 Å². The highest BCUT2D eigenvalue weighted by atomic mass is 16.2. The summed E-state index contributed by atoms with van der Waals surface area (Å²) in [7, 11) is 0. The molecule has 0 saturated heterocycles. The number of rotatable bonds is 4. The molecule has 106 valence electrons. The maximum Gasteiger partial charge on any atom is 0.257 e. The number of aromatic nitrogens is 2. The Bertz CT molecular complexity index is 601. The van der Waals surface area contributed by atoms with Gasteiger partial charge in [0.15, 0.2) is 0 Å². The fourth-order valence-corrected chi connectivity index (χ4v) is 3.06. The molecule has 0 radical (unpaired) electrons. The van der Waals surface area contributed by atoms with Crippen molar-refractivity contribution in [2.45, 2.75) is 31.7 Å². The van der Waals surface area contributed by atoms with Gasteiger partial charge in [-0.3, -0.25) is 4.79 Å². The summed E-state index contributed by atoms with van der Waals surface area (Å²) >= 11 is 0. The Kier molecular flexibility index (Phi) is 3.69. The second-order valence-electron chi connectivity index (χ2n) is 5.31. The Balaban J connectivity index is 1.92. The minimum atomic E-state index is 0.0588. The van der Waals surface area contributed by atoms with Crippen LogP contribution in [0.15, 0.2) is 30.6 Å². The van der Waals surface area contributed by atoms with E-state index in [2.05, 4.69) is 5.10 Å². The highest BCUT2D eigenvalue weighted by Crippen LogP contribution is 2.25. The molecule has 1 aliphatic rings. The van der Waals surface area contributed by atoms with Crippen LogP contribution >= 0.6 is 0 Å². The van der Waals surface area contributed by atoms with Crippen molar-refractivity contribution in [3.63, 3.8) is 0 Å². The van der Waals surface area contributed by atoms with Crippen LogP contribution in [0.5, 0.6) is 0 Å². The summed E-state index contributed by atoms with van der Waals surface area (Å²) in [5.74, 6) is 0.0588. The number of hydrogen-bond acceptors (Lipinski definition) is 3. The molecule has 0 aliphatic heterocycles. The Morgan fingerprint density at radius 3 is 2.95 bits per heavy atom. The first-order chi connectivity index (χ1) is 9.81. The number of fused-ring (bicyclic) bond motifs is 1. The second-order valence-corrected chi connectivity index (χ2v) is 5.31.